The molecular formula is C15H12BrClF3N. The highest BCUT2D eigenvalue weighted by molar-refractivity contribution is 9.10. The fourth-order valence-electron chi connectivity index (χ4n) is 2.11. The summed E-state index contributed by atoms with van der Waals surface area (Å²) < 4.78 is 40.8. The SMILES string of the molecule is CCNC(c1cc(F)cc(Br)c1)c1cc(F)c(F)cc1Cl. The summed E-state index contributed by atoms with van der Waals surface area (Å²) in [6, 6.07) is 5.77. The first-order valence-corrected chi connectivity index (χ1v) is 7.43. The van der Waals surface area contributed by atoms with E-state index < -0.39 is 23.5 Å². The zero-order valence-electron chi connectivity index (χ0n) is 11.1. The normalized spacial score (nSPS) is 12.5. The van der Waals surface area contributed by atoms with Gasteiger partial charge in [0.15, 0.2) is 11.6 Å². The third kappa shape index (κ3) is 3.78. The molecule has 0 aliphatic rings. The van der Waals surface area contributed by atoms with Crippen molar-refractivity contribution < 1.29 is 13.2 Å². The molecule has 0 aliphatic heterocycles. The van der Waals surface area contributed by atoms with Gasteiger partial charge in [-0.2, -0.15) is 0 Å². The zero-order valence-corrected chi connectivity index (χ0v) is 13.4. The lowest BCUT2D eigenvalue weighted by atomic mass is 9.98. The van der Waals surface area contributed by atoms with Gasteiger partial charge in [0.1, 0.15) is 5.82 Å². The molecular weight excluding hydrogens is 367 g/mol. The molecule has 6 heteroatoms. The molecule has 0 heterocycles. The van der Waals surface area contributed by atoms with Gasteiger partial charge in [0.2, 0.25) is 0 Å². The second-order valence-electron chi connectivity index (χ2n) is 4.48. The molecule has 2 aromatic carbocycles. The number of benzene rings is 2. The smallest absolute Gasteiger partial charge is 0.160 e. The van der Waals surface area contributed by atoms with Gasteiger partial charge in [-0.15, -0.1) is 0 Å². The summed E-state index contributed by atoms with van der Waals surface area (Å²) in [4.78, 5) is 0. The summed E-state index contributed by atoms with van der Waals surface area (Å²) in [5.41, 5.74) is 0.923. The highest BCUT2D eigenvalue weighted by atomic mass is 79.9. The van der Waals surface area contributed by atoms with Crippen molar-refractivity contribution in [2.45, 2.75) is 13.0 Å². The molecule has 2 aromatic rings. The van der Waals surface area contributed by atoms with Gasteiger partial charge >= 0.3 is 0 Å². The molecule has 0 bridgehead atoms. The Morgan fingerprint density at radius 2 is 1.76 bits per heavy atom. The third-order valence-corrected chi connectivity index (χ3v) is 3.76. The molecule has 0 aliphatic carbocycles. The number of hydrogen-bond acceptors (Lipinski definition) is 1. The molecule has 0 saturated carbocycles. The quantitative estimate of drug-likeness (QED) is 0.719. The number of hydrogen-bond donors (Lipinski definition) is 1. The van der Waals surface area contributed by atoms with Crippen LogP contribution in [-0.4, -0.2) is 6.54 Å². The molecule has 112 valence electrons. The Bertz CT molecular complexity index is 643. The summed E-state index contributed by atoms with van der Waals surface area (Å²) in [7, 11) is 0. The van der Waals surface area contributed by atoms with Crippen molar-refractivity contribution in [3.05, 3.63) is 68.4 Å². The Kier molecular flexibility index (Phi) is 5.30. The zero-order chi connectivity index (χ0) is 15.6. The van der Waals surface area contributed by atoms with Crippen LogP contribution in [0.3, 0.4) is 0 Å². The Morgan fingerprint density at radius 1 is 1.10 bits per heavy atom. The minimum atomic E-state index is -1.01. The van der Waals surface area contributed by atoms with Crippen LogP contribution in [0.15, 0.2) is 34.8 Å². The van der Waals surface area contributed by atoms with Crippen molar-refractivity contribution in [3.8, 4) is 0 Å². The summed E-state index contributed by atoms with van der Waals surface area (Å²) in [5, 5.41) is 3.18. The van der Waals surface area contributed by atoms with E-state index in [0.29, 0.717) is 22.1 Å². The maximum atomic E-state index is 13.6. The van der Waals surface area contributed by atoms with Crippen LogP contribution in [0.5, 0.6) is 0 Å². The van der Waals surface area contributed by atoms with E-state index in [4.69, 9.17) is 11.6 Å². The molecule has 1 atom stereocenters. The fraction of sp³-hybridized carbons (Fsp3) is 0.200. The van der Waals surface area contributed by atoms with E-state index in [1.807, 2.05) is 6.92 Å². The van der Waals surface area contributed by atoms with Gasteiger partial charge in [-0.05, 0) is 48.0 Å². The van der Waals surface area contributed by atoms with Gasteiger partial charge in [-0.1, -0.05) is 34.5 Å². The fourth-order valence-corrected chi connectivity index (χ4v) is 2.85. The summed E-state index contributed by atoms with van der Waals surface area (Å²) >= 11 is 9.22. The molecule has 0 spiro atoms. The predicted molar refractivity (Wildman–Crippen MR) is 81.0 cm³/mol. The van der Waals surface area contributed by atoms with Crippen LogP contribution < -0.4 is 5.32 Å². The van der Waals surface area contributed by atoms with E-state index in [-0.39, 0.29) is 5.02 Å². The van der Waals surface area contributed by atoms with Crippen LogP contribution in [0.4, 0.5) is 13.2 Å². The Morgan fingerprint density at radius 3 is 2.38 bits per heavy atom. The highest BCUT2D eigenvalue weighted by Crippen LogP contribution is 2.31. The Balaban J connectivity index is 2.55. The van der Waals surface area contributed by atoms with Crippen molar-refractivity contribution in [1.29, 1.82) is 0 Å². The standard InChI is InChI=1S/C15H12BrClF3N/c1-2-21-15(8-3-9(16)5-10(18)4-8)11-6-13(19)14(20)7-12(11)17/h3-7,15,21H,2H2,1H3. The monoisotopic (exact) mass is 377 g/mol. The van der Waals surface area contributed by atoms with E-state index in [1.54, 1.807) is 6.07 Å². The summed E-state index contributed by atoms with van der Waals surface area (Å²) in [6.07, 6.45) is 0. The molecule has 0 fully saturated rings. The van der Waals surface area contributed by atoms with Crippen LogP contribution in [-0.2, 0) is 0 Å². The molecule has 2 rings (SSSR count). The topological polar surface area (TPSA) is 12.0 Å². The molecule has 0 amide bonds. The van der Waals surface area contributed by atoms with Crippen LogP contribution in [0, 0.1) is 17.5 Å². The van der Waals surface area contributed by atoms with Gasteiger partial charge in [0, 0.05) is 9.50 Å². The van der Waals surface area contributed by atoms with Crippen LogP contribution in [0.2, 0.25) is 5.02 Å². The average Bonchev–Trinajstić information content (AvgIpc) is 2.39. The van der Waals surface area contributed by atoms with Crippen molar-refractivity contribution in [2.75, 3.05) is 6.54 Å². The second-order valence-corrected chi connectivity index (χ2v) is 5.80. The first kappa shape index (κ1) is 16.3. The molecule has 1 nitrogen and oxygen atoms in total. The average molecular weight is 379 g/mol. The molecule has 0 radical (unpaired) electrons. The van der Waals surface area contributed by atoms with E-state index in [2.05, 4.69) is 21.2 Å². The Hall–Kier alpha value is -1.04. The minimum absolute atomic E-state index is 0.0835. The van der Waals surface area contributed by atoms with Crippen molar-refractivity contribution in [2.24, 2.45) is 0 Å². The van der Waals surface area contributed by atoms with Gasteiger partial charge in [-0.3, -0.25) is 0 Å². The van der Waals surface area contributed by atoms with Gasteiger partial charge in [-0.25, -0.2) is 13.2 Å². The lowest BCUT2D eigenvalue weighted by molar-refractivity contribution is 0.503. The van der Waals surface area contributed by atoms with Gasteiger partial charge in [0.25, 0.3) is 0 Å². The van der Waals surface area contributed by atoms with Gasteiger partial charge < -0.3 is 5.32 Å². The van der Waals surface area contributed by atoms with E-state index in [9.17, 15) is 13.2 Å². The van der Waals surface area contributed by atoms with Crippen molar-refractivity contribution in [1.82, 2.24) is 5.32 Å². The van der Waals surface area contributed by atoms with Gasteiger partial charge in [0.05, 0.1) is 6.04 Å². The van der Waals surface area contributed by atoms with Crippen molar-refractivity contribution >= 4 is 27.5 Å². The lowest BCUT2D eigenvalue weighted by Crippen LogP contribution is -2.22. The molecule has 0 saturated heterocycles. The summed E-state index contributed by atoms with van der Waals surface area (Å²) in [5.74, 6) is -2.44. The maximum absolute atomic E-state index is 13.6. The number of halogens is 5. The Labute approximate surface area is 134 Å². The van der Waals surface area contributed by atoms with E-state index in [0.717, 1.165) is 12.1 Å². The first-order chi connectivity index (χ1) is 9.92. The first-order valence-electron chi connectivity index (χ1n) is 6.26. The molecule has 0 aromatic heterocycles. The molecule has 1 unspecified atom stereocenters. The second kappa shape index (κ2) is 6.81. The van der Waals surface area contributed by atoms with Crippen LogP contribution in [0.1, 0.15) is 24.1 Å². The van der Waals surface area contributed by atoms with Crippen LogP contribution in [0.25, 0.3) is 0 Å². The highest BCUT2D eigenvalue weighted by Gasteiger charge is 2.20. The molecule has 21 heavy (non-hydrogen) atoms. The van der Waals surface area contributed by atoms with E-state index >= 15 is 0 Å². The summed E-state index contributed by atoms with van der Waals surface area (Å²) in [6.45, 7) is 2.41. The number of nitrogens with one attached hydrogen (secondary N) is 1. The predicted octanol–water partition coefficient (Wildman–Crippen LogP) is 5.22. The van der Waals surface area contributed by atoms with E-state index in [1.165, 1.54) is 12.1 Å². The maximum Gasteiger partial charge on any atom is 0.160 e. The minimum Gasteiger partial charge on any atom is -0.306 e. The lowest BCUT2D eigenvalue weighted by Gasteiger charge is -2.21. The van der Waals surface area contributed by atoms with Crippen molar-refractivity contribution in [3.63, 3.8) is 0 Å². The third-order valence-electron chi connectivity index (χ3n) is 2.98. The van der Waals surface area contributed by atoms with Crippen LogP contribution >= 0.6 is 27.5 Å². The largest absolute Gasteiger partial charge is 0.306 e. The molecule has 1 N–H and O–H groups in total. The number of rotatable bonds is 4.